The van der Waals surface area contributed by atoms with Gasteiger partial charge in [-0.05, 0) is 30.7 Å². The zero-order valence-corrected chi connectivity index (χ0v) is 17.3. The number of morpholine rings is 1. The standard InChI is InChI=1S/C22H23N5O4/c1-29-10-2-3-18(28)16-4-5-21-24-14-17(27(21)25-16)20-13-15-19(31-20)6-7-23-22(15)26-8-11-30-12-9-26/h4-7,13-14H,2-3,8-12H2,1H3. The molecule has 0 unspecified atom stereocenters. The lowest BCUT2D eigenvalue weighted by atomic mass is 10.1. The number of rotatable bonds is 7. The number of imidazole rings is 1. The summed E-state index contributed by atoms with van der Waals surface area (Å²) in [5.74, 6) is 1.48. The highest BCUT2D eigenvalue weighted by molar-refractivity contribution is 5.94. The highest BCUT2D eigenvalue weighted by atomic mass is 16.5. The molecule has 9 nitrogen and oxygen atoms in total. The fourth-order valence-corrected chi connectivity index (χ4v) is 3.80. The van der Waals surface area contributed by atoms with Gasteiger partial charge in [-0.25, -0.2) is 14.5 Å². The molecular weight excluding hydrogens is 398 g/mol. The monoisotopic (exact) mass is 421 g/mol. The van der Waals surface area contributed by atoms with Gasteiger partial charge in [0.15, 0.2) is 17.2 Å². The van der Waals surface area contributed by atoms with Crippen molar-refractivity contribution in [2.24, 2.45) is 0 Å². The van der Waals surface area contributed by atoms with Crippen LogP contribution in [0.4, 0.5) is 5.82 Å². The maximum atomic E-state index is 12.5. The van der Waals surface area contributed by atoms with Crippen molar-refractivity contribution in [3.05, 3.63) is 42.4 Å². The van der Waals surface area contributed by atoms with Gasteiger partial charge in [-0.2, -0.15) is 5.10 Å². The molecule has 0 N–H and O–H groups in total. The number of methoxy groups -OCH3 is 1. The molecule has 0 amide bonds. The van der Waals surface area contributed by atoms with Crippen LogP contribution < -0.4 is 4.90 Å². The molecule has 0 bridgehead atoms. The number of ether oxygens (including phenoxy) is 2. The van der Waals surface area contributed by atoms with E-state index in [0.29, 0.717) is 55.5 Å². The zero-order valence-electron chi connectivity index (χ0n) is 17.3. The average Bonchev–Trinajstić information content (AvgIpc) is 3.43. The number of anilines is 1. The van der Waals surface area contributed by atoms with Crippen molar-refractivity contribution in [1.29, 1.82) is 0 Å². The van der Waals surface area contributed by atoms with E-state index in [-0.39, 0.29) is 5.78 Å². The van der Waals surface area contributed by atoms with Crippen molar-refractivity contribution < 1.29 is 18.7 Å². The molecule has 0 aliphatic carbocycles. The summed E-state index contributed by atoms with van der Waals surface area (Å²) in [5, 5.41) is 5.47. The highest BCUT2D eigenvalue weighted by Crippen LogP contribution is 2.33. The van der Waals surface area contributed by atoms with E-state index in [0.717, 1.165) is 29.9 Å². The molecule has 160 valence electrons. The summed E-state index contributed by atoms with van der Waals surface area (Å²) in [6.07, 6.45) is 4.51. The smallest absolute Gasteiger partial charge is 0.183 e. The first-order chi connectivity index (χ1) is 15.2. The number of carbonyl (C=O) groups excluding carboxylic acids is 1. The second-order valence-corrected chi connectivity index (χ2v) is 7.41. The Balaban J connectivity index is 1.51. The number of ketones is 1. The number of pyridine rings is 1. The Morgan fingerprint density at radius 3 is 2.90 bits per heavy atom. The van der Waals surface area contributed by atoms with E-state index in [9.17, 15) is 4.79 Å². The Morgan fingerprint density at radius 1 is 1.19 bits per heavy atom. The highest BCUT2D eigenvalue weighted by Gasteiger charge is 2.20. The lowest BCUT2D eigenvalue weighted by molar-refractivity contribution is 0.0957. The molecule has 0 atom stereocenters. The number of aromatic nitrogens is 4. The molecule has 0 radical (unpaired) electrons. The van der Waals surface area contributed by atoms with Crippen molar-refractivity contribution in [1.82, 2.24) is 19.6 Å². The van der Waals surface area contributed by atoms with Crippen LogP contribution >= 0.6 is 0 Å². The quantitative estimate of drug-likeness (QED) is 0.332. The van der Waals surface area contributed by atoms with E-state index in [1.165, 1.54) is 0 Å². The third kappa shape index (κ3) is 3.77. The van der Waals surface area contributed by atoms with Gasteiger partial charge in [0.2, 0.25) is 0 Å². The molecule has 1 aliphatic rings. The fraction of sp³-hybridized carbons (Fsp3) is 0.364. The summed E-state index contributed by atoms with van der Waals surface area (Å²) in [5.41, 5.74) is 2.48. The number of hydrogen-bond acceptors (Lipinski definition) is 8. The first-order valence-corrected chi connectivity index (χ1v) is 10.3. The van der Waals surface area contributed by atoms with Gasteiger partial charge in [-0.15, -0.1) is 0 Å². The molecule has 0 spiro atoms. The number of hydrogen-bond donors (Lipinski definition) is 0. The number of Topliss-reactive ketones (excluding diaryl/α,β-unsaturated/α-hetero) is 1. The Kier molecular flexibility index (Phi) is 5.35. The number of furan rings is 1. The van der Waals surface area contributed by atoms with Gasteiger partial charge in [0, 0.05) is 39.4 Å². The van der Waals surface area contributed by atoms with Crippen LogP contribution in [0.5, 0.6) is 0 Å². The van der Waals surface area contributed by atoms with Crippen molar-refractivity contribution in [3.8, 4) is 11.5 Å². The molecule has 5 heterocycles. The minimum Gasteiger partial charge on any atom is -0.454 e. The molecule has 9 heteroatoms. The minimum atomic E-state index is -0.0259. The minimum absolute atomic E-state index is 0.0259. The molecule has 0 aromatic carbocycles. The van der Waals surface area contributed by atoms with E-state index in [1.807, 2.05) is 12.1 Å². The van der Waals surface area contributed by atoms with Crippen LogP contribution in [-0.2, 0) is 9.47 Å². The van der Waals surface area contributed by atoms with E-state index in [1.54, 1.807) is 36.2 Å². The van der Waals surface area contributed by atoms with Crippen molar-refractivity contribution >= 4 is 28.2 Å². The van der Waals surface area contributed by atoms with Crippen molar-refractivity contribution in [3.63, 3.8) is 0 Å². The maximum Gasteiger partial charge on any atom is 0.183 e. The molecule has 4 aromatic rings. The maximum absolute atomic E-state index is 12.5. The van der Waals surface area contributed by atoms with Gasteiger partial charge in [0.1, 0.15) is 22.8 Å². The molecule has 1 saturated heterocycles. The van der Waals surface area contributed by atoms with Gasteiger partial charge in [0.25, 0.3) is 0 Å². The summed E-state index contributed by atoms with van der Waals surface area (Å²) >= 11 is 0. The van der Waals surface area contributed by atoms with Crippen LogP contribution in [0.3, 0.4) is 0 Å². The molecule has 4 aromatic heterocycles. The van der Waals surface area contributed by atoms with Gasteiger partial charge < -0.3 is 18.8 Å². The lowest BCUT2D eigenvalue weighted by Gasteiger charge is -2.28. The van der Waals surface area contributed by atoms with E-state index >= 15 is 0 Å². The second kappa shape index (κ2) is 8.44. The Labute approximate surface area is 178 Å². The van der Waals surface area contributed by atoms with Crippen molar-refractivity contribution in [2.45, 2.75) is 12.8 Å². The molecular formula is C22H23N5O4. The summed E-state index contributed by atoms with van der Waals surface area (Å²) in [4.78, 5) is 23.7. The Morgan fingerprint density at radius 2 is 2.06 bits per heavy atom. The van der Waals surface area contributed by atoms with Crippen LogP contribution in [0.15, 0.2) is 41.1 Å². The van der Waals surface area contributed by atoms with E-state index < -0.39 is 0 Å². The molecule has 1 fully saturated rings. The number of fused-ring (bicyclic) bond motifs is 2. The Hall–Kier alpha value is -3.30. The van der Waals surface area contributed by atoms with Gasteiger partial charge >= 0.3 is 0 Å². The average molecular weight is 421 g/mol. The fourth-order valence-electron chi connectivity index (χ4n) is 3.80. The summed E-state index contributed by atoms with van der Waals surface area (Å²) in [7, 11) is 1.62. The second-order valence-electron chi connectivity index (χ2n) is 7.41. The summed E-state index contributed by atoms with van der Waals surface area (Å²) < 4.78 is 18.3. The summed E-state index contributed by atoms with van der Waals surface area (Å²) in [6.45, 7) is 3.49. The Bertz CT molecular complexity index is 1230. The van der Waals surface area contributed by atoms with E-state index in [2.05, 4.69) is 20.0 Å². The lowest BCUT2D eigenvalue weighted by Crippen LogP contribution is -2.36. The molecule has 31 heavy (non-hydrogen) atoms. The van der Waals surface area contributed by atoms with Crippen LogP contribution in [0.25, 0.3) is 28.1 Å². The number of carbonyl (C=O) groups is 1. The topological polar surface area (TPSA) is 95.0 Å². The third-order valence-electron chi connectivity index (χ3n) is 5.39. The first-order valence-electron chi connectivity index (χ1n) is 10.3. The predicted molar refractivity (Wildman–Crippen MR) is 114 cm³/mol. The molecule has 0 saturated carbocycles. The van der Waals surface area contributed by atoms with Gasteiger partial charge in [0.05, 0.1) is 24.8 Å². The zero-order chi connectivity index (χ0) is 21.2. The van der Waals surface area contributed by atoms with Gasteiger partial charge in [-0.1, -0.05) is 0 Å². The van der Waals surface area contributed by atoms with Crippen molar-refractivity contribution in [2.75, 3.05) is 44.9 Å². The largest absolute Gasteiger partial charge is 0.454 e. The van der Waals surface area contributed by atoms with Crippen LogP contribution in [0, 0.1) is 0 Å². The number of nitrogens with zero attached hydrogens (tertiary/aromatic N) is 5. The first kappa shape index (κ1) is 19.7. The molecule has 1 aliphatic heterocycles. The van der Waals surface area contributed by atoms with Gasteiger partial charge in [-0.3, -0.25) is 4.79 Å². The SMILES string of the molecule is COCCCC(=O)c1ccc2ncc(-c3cc4c(N5CCOCC5)nccc4o3)n2n1. The van der Waals surface area contributed by atoms with Crippen LogP contribution in [-0.4, -0.2) is 65.4 Å². The van der Waals surface area contributed by atoms with Crippen LogP contribution in [0.2, 0.25) is 0 Å². The van der Waals surface area contributed by atoms with Crippen LogP contribution in [0.1, 0.15) is 23.3 Å². The summed E-state index contributed by atoms with van der Waals surface area (Å²) in [6, 6.07) is 7.32. The molecule has 5 rings (SSSR count). The normalized spacial score (nSPS) is 14.5. The predicted octanol–water partition coefficient (Wildman–Crippen LogP) is 2.98. The van der Waals surface area contributed by atoms with E-state index in [4.69, 9.17) is 13.9 Å². The third-order valence-corrected chi connectivity index (χ3v) is 5.39.